The molecule has 3 aromatic carbocycles. The van der Waals surface area contributed by atoms with E-state index in [1.54, 1.807) is 36.3 Å². The Balaban J connectivity index is 1.41. The number of imidazole rings is 1. The van der Waals surface area contributed by atoms with E-state index in [0.717, 1.165) is 33.1 Å². The second-order valence-electron chi connectivity index (χ2n) is 9.44. The number of fused-ring (bicyclic) bond motifs is 2. The van der Waals surface area contributed by atoms with E-state index in [-0.39, 0.29) is 12.4 Å². The molecule has 2 aromatic heterocycles. The van der Waals surface area contributed by atoms with Crippen molar-refractivity contribution in [3.63, 3.8) is 0 Å². The van der Waals surface area contributed by atoms with Gasteiger partial charge in [-0.1, -0.05) is 24.3 Å². The van der Waals surface area contributed by atoms with Gasteiger partial charge in [-0.05, 0) is 59.5 Å². The van der Waals surface area contributed by atoms with Gasteiger partial charge in [0.05, 0.1) is 31.0 Å². The summed E-state index contributed by atoms with van der Waals surface area (Å²) in [6.07, 6.45) is 3.55. The van der Waals surface area contributed by atoms with E-state index < -0.39 is 17.5 Å². The number of amides is 3. The number of aryl methyl sites for hydroxylation is 2. The Labute approximate surface area is 212 Å². The van der Waals surface area contributed by atoms with Crippen LogP contribution in [0.4, 0.5) is 4.79 Å². The summed E-state index contributed by atoms with van der Waals surface area (Å²) in [6, 6.07) is 16.5. The first kappa shape index (κ1) is 22.7. The Kier molecular flexibility index (Phi) is 4.98. The predicted molar refractivity (Wildman–Crippen MR) is 139 cm³/mol. The van der Waals surface area contributed by atoms with Gasteiger partial charge in [0.2, 0.25) is 0 Å². The molecule has 9 nitrogen and oxygen atoms in total. The fourth-order valence-corrected chi connectivity index (χ4v) is 5.14. The van der Waals surface area contributed by atoms with Crippen LogP contribution < -0.4 is 15.4 Å². The van der Waals surface area contributed by atoms with Crippen LogP contribution in [0.15, 0.2) is 67.1 Å². The molecule has 1 atom stereocenters. The van der Waals surface area contributed by atoms with Gasteiger partial charge in [-0.2, -0.15) is 0 Å². The van der Waals surface area contributed by atoms with Gasteiger partial charge in [-0.3, -0.25) is 10.1 Å². The van der Waals surface area contributed by atoms with E-state index >= 15 is 0 Å². The number of nitrogens with zero attached hydrogens (tertiary/aromatic N) is 3. The predicted octanol–water partition coefficient (Wildman–Crippen LogP) is 3.95. The maximum atomic E-state index is 13.2. The molecule has 5 aromatic rings. The first-order chi connectivity index (χ1) is 17.8. The van der Waals surface area contributed by atoms with Gasteiger partial charge in [0.1, 0.15) is 5.75 Å². The molecule has 3 amide bonds. The van der Waals surface area contributed by atoms with Crippen molar-refractivity contribution in [2.24, 2.45) is 7.05 Å². The summed E-state index contributed by atoms with van der Waals surface area (Å²) in [4.78, 5) is 29.9. The number of imide groups is 1. The van der Waals surface area contributed by atoms with Crippen LogP contribution >= 0.6 is 0 Å². The zero-order valence-corrected chi connectivity index (χ0v) is 20.6. The van der Waals surface area contributed by atoms with E-state index in [9.17, 15) is 14.7 Å². The number of urea groups is 1. The van der Waals surface area contributed by atoms with Gasteiger partial charge in [-0.25, -0.2) is 9.78 Å². The number of carbonyl (C=O) groups is 2. The van der Waals surface area contributed by atoms with Gasteiger partial charge >= 0.3 is 6.03 Å². The standard InChI is InChI=1S/C28H25N5O4/c1-16-10-19(11-23-24(16)29-15-32(23)2)17-4-7-20(8-5-17)28(26(35)30-27(36)31-28)14-33-13-18-6-9-21(37-3)12-22(18)25(33)34/h4-13,15,34H,14H2,1-3H3,(H2,30,31,35,36)/t28-/m0/s1. The Morgan fingerprint density at radius 3 is 2.54 bits per heavy atom. The quantitative estimate of drug-likeness (QED) is 0.320. The maximum Gasteiger partial charge on any atom is 0.322 e. The third kappa shape index (κ3) is 3.50. The molecule has 9 heteroatoms. The van der Waals surface area contributed by atoms with Crippen molar-refractivity contribution in [1.82, 2.24) is 24.8 Å². The van der Waals surface area contributed by atoms with Crippen LogP contribution in [-0.4, -0.2) is 38.3 Å². The van der Waals surface area contributed by atoms with Crippen LogP contribution in [-0.2, 0) is 23.9 Å². The van der Waals surface area contributed by atoms with Gasteiger partial charge in [0, 0.05) is 24.0 Å². The number of hydrogen-bond acceptors (Lipinski definition) is 5. The highest BCUT2D eigenvalue weighted by atomic mass is 16.5. The van der Waals surface area contributed by atoms with Crippen molar-refractivity contribution in [2.45, 2.75) is 19.0 Å². The minimum atomic E-state index is -1.39. The number of rotatable bonds is 5. The Bertz CT molecular complexity index is 1720. The molecule has 0 spiro atoms. The van der Waals surface area contributed by atoms with Crippen LogP contribution in [0.2, 0.25) is 0 Å². The second kappa shape index (κ2) is 8.12. The fraction of sp³-hybridized carbons (Fsp3) is 0.179. The normalized spacial score (nSPS) is 17.4. The lowest BCUT2D eigenvalue weighted by atomic mass is 9.88. The van der Waals surface area contributed by atoms with Crippen molar-refractivity contribution < 1.29 is 19.4 Å². The Hall–Kier alpha value is -4.79. The molecular weight excluding hydrogens is 470 g/mol. The number of benzene rings is 3. The van der Waals surface area contributed by atoms with Gasteiger partial charge in [0.25, 0.3) is 5.91 Å². The summed E-state index contributed by atoms with van der Waals surface area (Å²) >= 11 is 0. The molecule has 0 saturated carbocycles. The van der Waals surface area contributed by atoms with Gasteiger partial charge in [-0.15, -0.1) is 0 Å². The van der Waals surface area contributed by atoms with Crippen LogP contribution in [0, 0.1) is 6.92 Å². The monoisotopic (exact) mass is 495 g/mol. The average Bonchev–Trinajstić information content (AvgIpc) is 3.52. The lowest BCUT2D eigenvalue weighted by molar-refractivity contribution is -0.124. The van der Waals surface area contributed by atoms with Crippen LogP contribution in [0.3, 0.4) is 0 Å². The summed E-state index contributed by atoms with van der Waals surface area (Å²) in [5.41, 5.74) is 4.27. The summed E-state index contributed by atoms with van der Waals surface area (Å²) < 4.78 is 8.83. The van der Waals surface area contributed by atoms with E-state index in [0.29, 0.717) is 16.7 Å². The number of hydrogen-bond donors (Lipinski definition) is 3. The van der Waals surface area contributed by atoms with Gasteiger partial charge < -0.3 is 24.3 Å². The van der Waals surface area contributed by atoms with Crippen molar-refractivity contribution in [3.8, 4) is 22.8 Å². The topological polar surface area (TPSA) is 110 Å². The van der Waals surface area contributed by atoms with Crippen LogP contribution in [0.1, 0.15) is 11.1 Å². The minimum absolute atomic E-state index is 0.00678. The Morgan fingerprint density at radius 2 is 1.84 bits per heavy atom. The number of aromatic hydroxyl groups is 1. The molecule has 6 rings (SSSR count). The maximum absolute atomic E-state index is 13.2. The lowest BCUT2D eigenvalue weighted by Crippen LogP contribution is -2.47. The highest BCUT2D eigenvalue weighted by molar-refractivity contribution is 6.07. The van der Waals surface area contributed by atoms with Crippen LogP contribution in [0.25, 0.3) is 32.9 Å². The molecule has 0 bridgehead atoms. The largest absolute Gasteiger partial charge is 0.497 e. The minimum Gasteiger partial charge on any atom is -0.497 e. The Morgan fingerprint density at radius 1 is 1.05 bits per heavy atom. The summed E-state index contributed by atoms with van der Waals surface area (Å²) in [6.45, 7) is 2.04. The first-order valence-corrected chi connectivity index (χ1v) is 11.8. The number of carbonyl (C=O) groups excluding carboxylic acids is 2. The zero-order valence-electron chi connectivity index (χ0n) is 20.6. The highest BCUT2D eigenvalue weighted by Crippen LogP contribution is 2.36. The third-order valence-corrected chi connectivity index (χ3v) is 7.15. The number of methoxy groups -OCH3 is 1. The molecule has 1 saturated heterocycles. The van der Waals surface area contributed by atoms with E-state index in [4.69, 9.17) is 4.74 Å². The zero-order chi connectivity index (χ0) is 25.9. The van der Waals surface area contributed by atoms with Crippen molar-refractivity contribution in [2.75, 3.05) is 7.11 Å². The molecule has 0 radical (unpaired) electrons. The van der Waals surface area contributed by atoms with Crippen molar-refractivity contribution >= 4 is 33.7 Å². The number of ether oxygens (including phenoxy) is 1. The molecular formula is C28H25N5O4. The van der Waals surface area contributed by atoms with E-state index in [1.165, 1.54) is 0 Å². The molecule has 1 aliphatic rings. The number of aromatic nitrogens is 3. The summed E-state index contributed by atoms with van der Waals surface area (Å²) in [7, 11) is 3.52. The smallest absolute Gasteiger partial charge is 0.322 e. The molecule has 3 N–H and O–H groups in total. The lowest BCUT2D eigenvalue weighted by Gasteiger charge is -2.27. The molecule has 186 valence electrons. The van der Waals surface area contributed by atoms with E-state index in [2.05, 4.69) is 27.8 Å². The highest BCUT2D eigenvalue weighted by Gasteiger charge is 2.48. The third-order valence-electron chi connectivity index (χ3n) is 7.15. The second-order valence-corrected chi connectivity index (χ2v) is 9.44. The molecule has 1 aliphatic heterocycles. The molecule has 37 heavy (non-hydrogen) atoms. The first-order valence-electron chi connectivity index (χ1n) is 11.8. The molecule has 0 unspecified atom stereocenters. The fourth-order valence-electron chi connectivity index (χ4n) is 5.14. The average molecular weight is 496 g/mol. The van der Waals surface area contributed by atoms with Gasteiger partial charge in [0.15, 0.2) is 11.4 Å². The van der Waals surface area contributed by atoms with Crippen molar-refractivity contribution in [3.05, 3.63) is 78.2 Å². The molecule has 3 heterocycles. The SMILES string of the molecule is COc1ccc2cn(C[C@@]3(c4ccc(-c5cc(C)c6ncn(C)c6c5)cc4)NC(=O)NC3=O)c(O)c2c1. The molecule has 1 fully saturated rings. The molecule has 0 aliphatic carbocycles. The summed E-state index contributed by atoms with van der Waals surface area (Å²) in [5, 5.41) is 17.5. The summed E-state index contributed by atoms with van der Waals surface area (Å²) in [5.74, 6) is 0.114. The number of nitrogens with one attached hydrogen (secondary N) is 2. The van der Waals surface area contributed by atoms with Crippen LogP contribution in [0.5, 0.6) is 11.6 Å². The van der Waals surface area contributed by atoms with E-state index in [1.807, 2.05) is 48.9 Å². The van der Waals surface area contributed by atoms with Crippen molar-refractivity contribution in [1.29, 1.82) is 0 Å².